The van der Waals surface area contributed by atoms with Crippen molar-refractivity contribution in [2.45, 2.75) is 38.7 Å². The number of aromatic amines is 1. The van der Waals surface area contributed by atoms with Crippen LogP contribution < -0.4 is 11.2 Å². The van der Waals surface area contributed by atoms with Gasteiger partial charge in [0.15, 0.2) is 5.82 Å². The number of H-pyrrole nitrogens is 1. The fraction of sp³-hybridized carbons (Fsp3) is 0.389. The SMILES string of the molecule is Cc1cc2cc3c(=O)[nH]c(=O)nc-3n(C[C@@H](O)[C@@H](O)[C@@H](O)CO)c2cc1C. The molecule has 0 saturated carbocycles. The Morgan fingerprint density at radius 2 is 1.74 bits per heavy atom. The lowest BCUT2D eigenvalue weighted by atomic mass is 10.0. The molecule has 3 rings (SSSR count). The molecule has 2 aliphatic rings. The first-order valence-electron chi connectivity index (χ1n) is 8.42. The highest BCUT2D eigenvalue weighted by atomic mass is 16.4. The van der Waals surface area contributed by atoms with Crippen LogP contribution in [0.2, 0.25) is 0 Å². The second-order valence-electron chi connectivity index (χ2n) is 6.67. The molecule has 2 heterocycles. The maximum Gasteiger partial charge on any atom is 0.349 e. The second kappa shape index (κ2) is 7.20. The Kier molecular flexibility index (Phi) is 5.11. The molecule has 0 aliphatic carbocycles. The number of hydrogen-bond donors (Lipinski definition) is 5. The van der Waals surface area contributed by atoms with Crippen molar-refractivity contribution in [3.05, 3.63) is 50.2 Å². The molecule has 0 amide bonds. The Balaban J connectivity index is 2.28. The van der Waals surface area contributed by atoms with Gasteiger partial charge in [-0.1, -0.05) is 0 Å². The first-order valence-corrected chi connectivity index (χ1v) is 8.42. The van der Waals surface area contributed by atoms with Crippen LogP contribution in [0, 0.1) is 13.8 Å². The molecule has 2 aliphatic heterocycles. The standard InChI is InChI=1S/C18H21N3O6/c1-8-3-10-5-11-16(19-18(27)20-17(11)26)21(12(10)4-9(8)2)6-13(23)15(25)14(24)7-22/h3-5,13-15,22-25H,6-7H2,1-2H3,(H,20,26,27)/t13-,14+,15-/m1/s1. The summed E-state index contributed by atoms with van der Waals surface area (Å²) < 4.78 is 1.46. The zero-order chi connectivity index (χ0) is 19.9. The highest BCUT2D eigenvalue weighted by molar-refractivity contribution is 5.86. The van der Waals surface area contributed by atoms with Gasteiger partial charge in [0, 0.05) is 0 Å². The molecule has 1 aromatic carbocycles. The van der Waals surface area contributed by atoms with Crippen molar-refractivity contribution >= 4 is 10.9 Å². The lowest BCUT2D eigenvalue weighted by Gasteiger charge is -2.25. The van der Waals surface area contributed by atoms with Crippen molar-refractivity contribution in [3.8, 4) is 11.4 Å². The lowest BCUT2D eigenvalue weighted by Crippen LogP contribution is -2.42. The highest BCUT2D eigenvalue weighted by Gasteiger charge is 2.27. The van der Waals surface area contributed by atoms with Crippen LogP contribution in [0.3, 0.4) is 0 Å². The van der Waals surface area contributed by atoms with Crippen LogP contribution in [0.15, 0.2) is 27.8 Å². The van der Waals surface area contributed by atoms with E-state index in [0.717, 1.165) is 11.1 Å². The Bertz CT molecular complexity index is 1070. The second-order valence-corrected chi connectivity index (χ2v) is 6.67. The zero-order valence-electron chi connectivity index (χ0n) is 14.9. The predicted octanol–water partition coefficient (Wildman–Crippen LogP) is -1.12. The number of aliphatic hydroxyl groups is 4. The fourth-order valence-electron chi connectivity index (χ4n) is 3.07. The van der Waals surface area contributed by atoms with Gasteiger partial charge in [0.25, 0.3) is 5.56 Å². The number of pyridine rings is 1. The molecular weight excluding hydrogens is 354 g/mol. The third kappa shape index (κ3) is 3.50. The first-order chi connectivity index (χ1) is 12.7. The minimum absolute atomic E-state index is 0.0595. The Labute approximate surface area is 153 Å². The number of aryl methyl sites for hydroxylation is 2. The third-order valence-corrected chi connectivity index (χ3v) is 4.75. The van der Waals surface area contributed by atoms with Crippen molar-refractivity contribution < 1.29 is 20.4 Å². The van der Waals surface area contributed by atoms with Crippen LogP contribution in [-0.4, -0.2) is 59.9 Å². The van der Waals surface area contributed by atoms with Crippen molar-refractivity contribution in [3.63, 3.8) is 0 Å². The molecule has 1 aromatic rings. The Hall–Kier alpha value is -2.59. The molecule has 0 aromatic heterocycles. The topological polar surface area (TPSA) is 149 Å². The van der Waals surface area contributed by atoms with Crippen LogP contribution in [0.25, 0.3) is 22.3 Å². The van der Waals surface area contributed by atoms with E-state index in [1.54, 1.807) is 6.07 Å². The van der Waals surface area contributed by atoms with Gasteiger partial charge in [-0.25, -0.2) is 4.79 Å². The fourth-order valence-corrected chi connectivity index (χ4v) is 3.07. The minimum atomic E-state index is -1.62. The quantitative estimate of drug-likeness (QED) is 0.355. The Morgan fingerprint density at radius 1 is 1.07 bits per heavy atom. The van der Waals surface area contributed by atoms with Crippen molar-refractivity contribution in [2.75, 3.05) is 6.61 Å². The number of rotatable bonds is 5. The molecule has 3 atom stereocenters. The monoisotopic (exact) mass is 375 g/mol. The van der Waals surface area contributed by atoms with Gasteiger partial charge in [0.1, 0.15) is 18.3 Å². The van der Waals surface area contributed by atoms with E-state index in [9.17, 15) is 24.9 Å². The summed E-state index contributed by atoms with van der Waals surface area (Å²) in [6.45, 7) is 2.85. The zero-order valence-corrected chi connectivity index (χ0v) is 14.9. The normalized spacial score (nSPS) is 15.2. The van der Waals surface area contributed by atoms with E-state index in [-0.39, 0.29) is 17.9 Å². The molecule has 0 radical (unpaired) electrons. The number of aliphatic hydroxyl groups excluding tert-OH is 4. The van der Waals surface area contributed by atoms with E-state index >= 15 is 0 Å². The lowest BCUT2D eigenvalue weighted by molar-refractivity contribution is -0.0802. The molecule has 0 spiro atoms. The van der Waals surface area contributed by atoms with Crippen LogP contribution in [0.1, 0.15) is 11.1 Å². The van der Waals surface area contributed by atoms with E-state index in [1.807, 2.05) is 26.0 Å². The number of aromatic nitrogens is 3. The molecule has 144 valence electrons. The summed E-state index contributed by atoms with van der Waals surface area (Å²) >= 11 is 0. The predicted molar refractivity (Wildman–Crippen MR) is 97.8 cm³/mol. The Morgan fingerprint density at radius 3 is 2.41 bits per heavy atom. The van der Waals surface area contributed by atoms with Gasteiger partial charge < -0.3 is 25.0 Å². The smallest absolute Gasteiger partial charge is 0.349 e. The van der Waals surface area contributed by atoms with Crippen molar-refractivity contribution in [1.29, 1.82) is 0 Å². The van der Waals surface area contributed by atoms with Gasteiger partial charge in [0.2, 0.25) is 0 Å². The molecule has 5 N–H and O–H groups in total. The van der Waals surface area contributed by atoms with E-state index in [0.29, 0.717) is 10.9 Å². The van der Waals surface area contributed by atoms with Gasteiger partial charge >= 0.3 is 5.69 Å². The summed E-state index contributed by atoms with van der Waals surface area (Å²) in [6, 6.07) is 5.32. The van der Waals surface area contributed by atoms with Crippen molar-refractivity contribution in [1.82, 2.24) is 14.5 Å². The van der Waals surface area contributed by atoms with E-state index in [2.05, 4.69) is 9.97 Å². The van der Waals surface area contributed by atoms with Crippen LogP contribution in [-0.2, 0) is 6.54 Å². The summed E-state index contributed by atoms with van der Waals surface area (Å²) in [5.74, 6) is 0.0595. The van der Waals surface area contributed by atoms with Crippen LogP contribution >= 0.6 is 0 Å². The molecule has 9 nitrogen and oxygen atoms in total. The number of fused-ring (bicyclic) bond motifs is 2. The van der Waals surface area contributed by atoms with Gasteiger partial charge in [-0.2, -0.15) is 4.98 Å². The molecular formula is C18H21N3O6. The summed E-state index contributed by atoms with van der Waals surface area (Å²) in [4.78, 5) is 29.9. The summed E-state index contributed by atoms with van der Waals surface area (Å²) in [5, 5.41) is 39.5. The minimum Gasteiger partial charge on any atom is -0.394 e. The number of nitrogens with one attached hydrogen (secondary N) is 1. The number of nitrogens with zero attached hydrogens (tertiary/aromatic N) is 2. The molecule has 9 heteroatoms. The maximum absolute atomic E-state index is 12.2. The van der Waals surface area contributed by atoms with Crippen LogP contribution in [0.4, 0.5) is 0 Å². The van der Waals surface area contributed by atoms with Crippen LogP contribution in [0.5, 0.6) is 0 Å². The van der Waals surface area contributed by atoms with Gasteiger partial charge in [-0.15, -0.1) is 0 Å². The molecule has 0 bridgehead atoms. The van der Waals surface area contributed by atoms with E-state index in [1.165, 1.54) is 4.57 Å². The summed E-state index contributed by atoms with van der Waals surface area (Å²) in [7, 11) is 0. The third-order valence-electron chi connectivity index (χ3n) is 4.75. The summed E-state index contributed by atoms with van der Waals surface area (Å²) in [6.07, 6.45) is -4.62. The maximum atomic E-state index is 12.2. The molecule has 27 heavy (non-hydrogen) atoms. The first kappa shape index (κ1) is 19.2. The van der Waals surface area contributed by atoms with E-state index in [4.69, 9.17) is 5.11 Å². The summed E-state index contributed by atoms with van der Waals surface area (Å²) in [5.41, 5.74) is 1.28. The van der Waals surface area contributed by atoms with Gasteiger partial charge in [-0.05, 0) is 48.6 Å². The van der Waals surface area contributed by atoms with Crippen molar-refractivity contribution in [2.24, 2.45) is 0 Å². The molecule has 0 unspecified atom stereocenters. The average Bonchev–Trinajstić information content (AvgIpc) is 2.62. The van der Waals surface area contributed by atoms with E-state index < -0.39 is 36.2 Å². The highest BCUT2D eigenvalue weighted by Crippen LogP contribution is 2.27. The number of benzene rings is 1. The van der Waals surface area contributed by atoms with Gasteiger partial charge in [0.05, 0.1) is 24.2 Å². The molecule has 0 saturated heterocycles. The molecule has 0 fully saturated rings. The van der Waals surface area contributed by atoms with Gasteiger partial charge in [-0.3, -0.25) is 9.78 Å². The largest absolute Gasteiger partial charge is 0.394 e. The number of hydrogen-bond acceptors (Lipinski definition) is 7. The average molecular weight is 375 g/mol.